The summed E-state index contributed by atoms with van der Waals surface area (Å²) in [6.45, 7) is 3.84. The Morgan fingerprint density at radius 3 is 2.87 bits per heavy atom. The van der Waals surface area contributed by atoms with E-state index in [1.54, 1.807) is 0 Å². The van der Waals surface area contributed by atoms with Crippen molar-refractivity contribution >= 4 is 29.4 Å². The van der Waals surface area contributed by atoms with Crippen molar-refractivity contribution in [1.29, 1.82) is 0 Å². The molecule has 3 aliphatic rings. The molecule has 0 aliphatic carbocycles. The van der Waals surface area contributed by atoms with Gasteiger partial charge in [0.2, 0.25) is 5.95 Å². The summed E-state index contributed by atoms with van der Waals surface area (Å²) in [7, 11) is 0. The minimum atomic E-state index is 0.188. The number of hydrogen-bond acceptors (Lipinski definition) is 6. The quantitative estimate of drug-likeness (QED) is 0.702. The van der Waals surface area contributed by atoms with Crippen molar-refractivity contribution in [2.24, 2.45) is 4.99 Å². The number of aliphatic imine (C=N–C) groups is 1. The zero-order valence-electron chi connectivity index (χ0n) is 16.8. The number of hydrogen-bond donors (Lipinski definition) is 2. The van der Waals surface area contributed by atoms with Gasteiger partial charge >= 0.3 is 0 Å². The molecule has 30 heavy (non-hydrogen) atoms. The van der Waals surface area contributed by atoms with Crippen LogP contribution in [0.1, 0.15) is 29.5 Å². The van der Waals surface area contributed by atoms with Gasteiger partial charge in [0.05, 0.1) is 6.54 Å². The number of nitrogens with one attached hydrogen (secondary N) is 2. The molecule has 1 spiro atoms. The van der Waals surface area contributed by atoms with Crippen LogP contribution in [0.2, 0.25) is 0 Å². The van der Waals surface area contributed by atoms with Gasteiger partial charge in [-0.15, -0.1) is 0 Å². The molecule has 2 N–H and O–H groups in total. The summed E-state index contributed by atoms with van der Waals surface area (Å²) in [6.07, 6.45) is 6.07. The standard InChI is InChI=1S/C24H24N6/c1-2-4-21-20(3-1)24(8-11-25-12-9-24)16-30(21)23-27-10-7-22(29-23)28-19-6-5-17-14-26-15-18(17)13-19/h1-7,10,13,15,25H,8-9,11-12,14,16H2,(H,27,28,29). The molecule has 1 aromatic heterocycles. The molecule has 2 aromatic carbocycles. The number of fused-ring (bicyclic) bond motifs is 3. The third kappa shape index (κ3) is 2.87. The van der Waals surface area contributed by atoms with Gasteiger partial charge in [-0.25, -0.2) is 4.98 Å². The fraction of sp³-hybridized carbons (Fsp3) is 0.292. The monoisotopic (exact) mass is 396 g/mol. The van der Waals surface area contributed by atoms with Gasteiger partial charge in [-0.3, -0.25) is 4.99 Å². The van der Waals surface area contributed by atoms with Crippen LogP contribution in [0.25, 0.3) is 0 Å². The molecule has 0 radical (unpaired) electrons. The summed E-state index contributed by atoms with van der Waals surface area (Å²) >= 11 is 0. The van der Waals surface area contributed by atoms with E-state index in [0.29, 0.717) is 0 Å². The van der Waals surface area contributed by atoms with Crippen molar-refractivity contribution in [3.05, 3.63) is 71.4 Å². The average Bonchev–Trinajstić information content (AvgIpc) is 3.38. The van der Waals surface area contributed by atoms with Crippen molar-refractivity contribution in [2.75, 3.05) is 29.9 Å². The maximum atomic E-state index is 4.87. The molecule has 0 bridgehead atoms. The molecule has 0 atom stereocenters. The zero-order valence-corrected chi connectivity index (χ0v) is 16.8. The van der Waals surface area contributed by atoms with E-state index in [4.69, 9.17) is 4.98 Å². The van der Waals surface area contributed by atoms with Crippen molar-refractivity contribution in [1.82, 2.24) is 15.3 Å². The van der Waals surface area contributed by atoms with E-state index in [9.17, 15) is 0 Å². The first kappa shape index (κ1) is 17.6. The highest BCUT2D eigenvalue weighted by molar-refractivity contribution is 5.86. The van der Waals surface area contributed by atoms with Crippen molar-refractivity contribution in [3.63, 3.8) is 0 Å². The van der Waals surface area contributed by atoms with Gasteiger partial charge in [0.25, 0.3) is 0 Å². The minimum absolute atomic E-state index is 0.188. The molecule has 0 unspecified atom stereocenters. The first-order valence-corrected chi connectivity index (χ1v) is 10.6. The fourth-order valence-corrected chi connectivity index (χ4v) is 5.02. The van der Waals surface area contributed by atoms with Crippen LogP contribution in [-0.4, -0.2) is 35.8 Å². The lowest BCUT2D eigenvalue weighted by molar-refractivity contribution is 0.329. The van der Waals surface area contributed by atoms with Gasteiger partial charge in [-0.05, 0) is 66.9 Å². The second kappa shape index (κ2) is 6.92. The van der Waals surface area contributed by atoms with E-state index in [1.807, 2.05) is 18.5 Å². The maximum absolute atomic E-state index is 4.87. The van der Waals surface area contributed by atoms with Crippen molar-refractivity contribution in [3.8, 4) is 0 Å². The minimum Gasteiger partial charge on any atom is -0.340 e. The predicted molar refractivity (Wildman–Crippen MR) is 120 cm³/mol. The molecule has 150 valence electrons. The lowest BCUT2D eigenvalue weighted by atomic mass is 9.75. The lowest BCUT2D eigenvalue weighted by Gasteiger charge is -2.34. The highest BCUT2D eigenvalue weighted by atomic mass is 15.3. The second-order valence-electron chi connectivity index (χ2n) is 8.38. The number of benzene rings is 2. The summed E-state index contributed by atoms with van der Waals surface area (Å²) in [6, 6.07) is 17.0. The second-order valence-corrected chi connectivity index (χ2v) is 8.38. The molecule has 6 nitrogen and oxygen atoms in total. The van der Waals surface area contributed by atoms with E-state index in [1.165, 1.54) is 22.4 Å². The summed E-state index contributed by atoms with van der Waals surface area (Å²) in [5.74, 6) is 1.56. The van der Waals surface area contributed by atoms with E-state index in [2.05, 4.69) is 68.0 Å². The largest absolute Gasteiger partial charge is 0.340 e. The van der Waals surface area contributed by atoms with Gasteiger partial charge in [0.15, 0.2) is 0 Å². The summed E-state index contributed by atoms with van der Waals surface area (Å²) in [4.78, 5) is 16.1. The molecular formula is C24H24N6. The van der Waals surface area contributed by atoms with E-state index in [-0.39, 0.29) is 5.41 Å². The van der Waals surface area contributed by atoms with E-state index < -0.39 is 0 Å². The molecule has 1 saturated heterocycles. The number of aromatic nitrogens is 2. The molecule has 6 heteroatoms. The van der Waals surface area contributed by atoms with E-state index >= 15 is 0 Å². The van der Waals surface area contributed by atoms with Crippen LogP contribution in [0.5, 0.6) is 0 Å². The molecule has 0 saturated carbocycles. The Morgan fingerprint density at radius 1 is 1.03 bits per heavy atom. The van der Waals surface area contributed by atoms with Gasteiger partial charge in [-0.1, -0.05) is 24.3 Å². The number of nitrogens with zero attached hydrogens (tertiary/aromatic N) is 4. The van der Waals surface area contributed by atoms with Crippen LogP contribution in [0.4, 0.5) is 23.1 Å². The highest BCUT2D eigenvalue weighted by Gasteiger charge is 2.44. The molecular weight excluding hydrogens is 372 g/mol. The Bertz CT molecular complexity index is 1130. The Hall–Kier alpha value is -3.25. The van der Waals surface area contributed by atoms with Gasteiger partial charge in [0.1, 0.15) is 5.82 Å². The van der Waals surface area contributed by atoms with E-state index in [0.717, 1.165) is 56.5 Å². The van der Waals surface area contributed by atoms with Crippen LogP contribution in [0.3, 0.4) is 0 Å². The Labute approximate surface area is 176 Å². The van der Waals surface area contributed by atoms with Gasteiger partial charge < -0.3 is 15.5 Å². The number of para-hydroxylation sites is 1. The van der Waals surface area contributed by atoms with Crippen LogP contribution in [-0.2, 0) is 12.0 Å². The topological polar surface area (TPSA) is 65.4 Å². The molecule has 1 fully saturated rings. The molecule has 3 aromatic rings. The Morgan fingerprint density at radius 2 is 1.93 bits per heavy atom. The van der Waals surface area contributed by atoms with Crippen LogP contribution < -0.4 is 15.5 Å². The predicted octanol–water partition coefficient (Wildman–Crippen LogP) is 3.93. The SMILES string of the molecule is C1=NCc2ccc(Nc3ccnc(N4CC5(CCNCC5)c5ccccc54)n3)cc21. The average molecular weight is 396 g/mol. The van der Waals surface area contributed by atoms with Crippen LogP contribution in [0, 0.1) is 0 Å². The number of anilines is 4. The smallest absolute Gasteiger partial charge is 0.231 e. The molecule has 0 amide bonds. The molecule has 6 rings (SSSR count). The first-order chi connectivity index (χ1) is 14.8. The van der Waals surface area contributed by atoms with Gasteiger partial charge in [0, 0.05) is 35.7 Å². The zero-order chi connectivity index (χ0) is 20.0. The normalized spacial score (nSPS) is 18.5. The summed E-state index contributed by atoms with van der Waals surface area (Å²) in [5.41, 5.74) is 6.33. The molecule has 4 heterocycles. The highest BCUT2D eigenvalue weighted by Crippen LogP contribution is 2.48. The third-order valence-electron chi connectivity index (χ3n) is 6.58. The summed E-state index contributed by atoms with van der Waals surface area (Å²) < 4.78 is 0. The van der Waals surface area contributed by atoms with Crippen molar-refractivity contribution in [2.45, 2.75) is 24.8 Å². The fourth-order valence-electron chi connectivity index (χ4n) is 5.02. The van der Waals surface area contributed by atoms with Gasteiger partial charge in [-0.2, -0.15) is 4.98 Å². The van der Waals surface area contributed by atoms with Crippen LogP contribution in [0.15, 0.2) is 59.7 Å². The number of piperidine rings is 1. The maximum Gasteiger partial charge on any atom is 0.231 e. The first-order valence-electron chi connectivity index (χ1n) is 10.6. The lowest BCUT2D eigenvalue weighted by Crippen LogP contribution is -2.42. The van der Waals surface area contributed by atoms with Crippen molar-refractivity contribution < 1.29 is 0 Å². The summed E-state index contributed by atoms with van der Waals surface area (Å²) in [5, 5.41) is 6.95. The van der Waals surface area contributed by atoms with Crippen LogP contribution >= 0.6 is 0 Å². The number of rotatable bonds is 3. The molecule has 3 aliphatic heterocycles. The Kier molecular flexibility index (Phi) is 4.06. The third-order valence-corrected chi connectivity index (χ3v) is 6.58. The Balaban J connectivity index is 1.32.